The average molecular weight is 385 g/mol. The van der Waals surface area contributed by atoms with Crippen molar-refractivity contribution in [3.8, 4) is 5.88 Å². The lowest BCUT2D eigenvalue weighted by molar-refractivity contribution is -0.00140. The number of hydrogen-bond donors (Lipinski definition) is 0. The number of carbonyl (C=O) groups is 1. The number of piperidine rings is 1. The Balaban J connectivity index is 1.36. The second-order valence-electron chi connectivity index (χ2n) is 7.45. The zero-order valence-electron chi connectivity index (χ0n) is 15.9. The van der Waals surface area contributed by atoms with Gasteiger partial charge in [0, 0.05) is 49.8 Å². The van der Waals surface area contributed by atoms with E-state index in [1.165, 1.54) is 6.07 Å². The van der Waals surface area contributed by atoms with Crippen molar-refractivity contribution >= 4 is 6.09 Å². The van der Waals surface area contributed by atoms with Gasteiger partial charge in [-0.25, -0.2) is 14.2 Å². The van der Waals surface area contributed by atoms with Crippen LogP contribution in [0.25, 0.3) is 0 Å². The zero-order chi connectivity index (χ0) is 19.6. The van der Waals surface area contributed by atoms with E-state index in [-0.39, 0.29) is 18.5 Å². The molecule has 148 valence electrons. The molecule has 0 saturated carbocycles. The van der Waals surface area contributed by atoms with Gasteiger partial charge in [0.1, 0.15) is 11.4 Å². The van der Waals surface area contributed by atoms with Crippen molar-refractivity contribution in [2.24, 2.45) is 0 Å². The molecule has 28 heavy (non-hydrogen) atoms. The molecule has 1 spiro atoms. The monoisotopic (exact) mass is 385 g/mol. The Morgan fingerprint density at radius 2 is 1.89 bits per heavy atom. The Labute approximate surface area is 163 Å². The Hall–Kier alpha value is -2.67. The molecule has 1 amide bonds. The molecule has 2 aromatic rings. The molecule has 0 atom stereocenters. The number of ether oxygens (including phenoxy) is 2. The molecule has 0 N–H and O–H groups in total. The quantitative estimate of drug-likeness (QED) is 0.791. The van der Waals surface area contributed by atoms with Crippen LogP contribution in [0.4, 0.5) is 9.18 Å². The van der Waals surface area contributed by atoms with Crippen molar-refractivity contribution in [1.29, 1.82) is 0 Å². The lowest BCUT2D eigenvalue weighted by Gasteiger charge is -2.37. The summed E-state index contributed by atoms with van der Waals surface area (Å²) < 4.78 is 25.0. The van der Waals surface area contributed by atoms with E-state index in [0.29, 0.717) is 18.0 Å². The topological polar surface area (TPSA) is 54.9 Å². The smallest absolute Gasteiger partial charge is 0.410 e. The van der Waals surface area contributed by atoms with Gasteiger partial charge in [-0.05, 0) is 12.1 Å². The van der Waals surface area contributed by atoms with Crippen LogP contribution in [0.1, 0.15) is 24.0 Å². The SMILES string of the molecule is COc1ncccc1CN1CCC2(CC1)CN(Cc1ccccc1F)C(=O)O2. The van der Waals surface area contributed by atoms with Crippen molar-refractivity contribution in [1.82, 2.24) is 14.8 Å². The lowest BCUT2D eigenvalue weighted by atomic mass is 9.91. The summed E-state index contributed by atoms with van der Waals surface area (Å²) >= 11 is 0. The number of halogens is 1. The summed E-state index contributed by atoms with van der Waals surface area (Å²) in [5, 5.41) is 0. The maximum absolute atomic E-state index is 13.9. The van der Waals surface area contributed by atoms with Crippen LogP contribution < -0.4 is 4.74 Å². The number of amides is 1. The third-order valence-corrected chi connectivity index (χ3v) is 5.56. The molecular formula is C21H24FN3O3. The number of nitrogens with zero attached hydrogens (tertiary/aromatic N) is 3. The van der Waals surface area contributed by atoms with Crippen LogP contribution in [0.2, 0.25) is 0 Å². The molecular weight excluding hydrogens is 361 g/mol. The summed E-state index contributed by atoms with van der Waals surface area (Å²) in [6, 6.07) is 10.5. The highest BCUT2D eigenvalue weighted by Gasteiger charge is 2.46. The number of hydrogen-bond acceptors (Lipinski definition) is 5. The van der Waals surface area contributed by atoms with Crippen LogP contribution in [0.3, 0.4) is 0 Å². The van der Waals surface area contributed by atoms with E-state index in [1.54, 1.807) is 36.4 Å². The van der Waals surface area contributed by atoms with E-state index in [4.69, 9.17) is 9.47 Å². The average Bonchev–Trinajstić information content (AvgIpc) is 3.01. The number of carbonyl (C=O) groups excluding carboxylic acids is 1. The van der Waals surface area contributed by atoms with Gasteiger partial charge in [0.15, 0.2) is 0 Å². The van der Waals surface area contributed by atoms with Crippen LogP contribution in [-0.2, 0) is 17.8 Å². The predicted octanol–water partition coefficient (Wildman–Crippen LogP) is 3.22. The van der Waals surface area contributed by atoms with E-state index in [0.717, 1.165) is 38.0 Å². The summed E-state index contributed by atoms with van der Waals surface area (Å²) in [5.74, 6) is 0.350. The first kappa shape index (κ1) is 18.7. The minimum absolute atomic E-state index is 0.240. The number of methoxy groups -OCH3 is 1. The summed E-state index contributed by atoms with van der Waals surface area (Å²) in [4.78, 5) is 20.5. The van der Waals surface area contributed by atoms with Crippen LogP contribution >= 0.6 is 0 Å². The molecule has 4 rings (SSSR count). The van der Waals surface area contributed by atoms with Crippen LogP contribution in [0.5, 0.6) is 5.88 Å². The molecule has 7 heteroatoms. The molecule has 2 aliphatic heterocycles. The molecule has 0 aliphatic carbocycles. The van der Waals surface area contributed by atoms with Gasteiger partial charge in [-0.3, -0.25) is 9.80 Å². The van der Waals surface area contributed by atoms with Gasteiger partial charge in [0.2, 0.25) is 5.88 Å². The van der Waals surface area contributed by atoms with Crippen LogP contribution in [0.15, 0.2) is 42.6 Å². The minimum Gasteiger partial charge on any atom is -0.481 e. The molecule has 1 aromatic heterocycles. The molecule has 0 bridgehead atoms. The van der Waals surface area contributed by atoms with Crippen molar-refractivity contribution in [3.63, 3.8) is 0 Å². The van der Waals surface area contributed by atoms with Gasteiger partial charge >= 0.3 is 6.09 Å². The Morgan fingerprint density at radius 3 is 2.64 bits per heavy atom. The highest BCUT2D eigenvalue weighted by molar-refractivity contribution is 5.70. The van der Waals surface area contributed by atoms with E-state index in [9.17, 15) is 9.18 Å². The van der Waals surface area contributed by atoms with E-state index < -0.39 is 5.60 Å². The summed E-state index contributed by atoms with van der Waals surface area (Å²) in [5.41, 5.74) is 1.08. The fourth-order valence-corrected chi connectivity index (χ4v) is 4.00. The van der Waals surface area contributed by atoms with E-state index >= 15 is 0 Å². The van der Waals surface area contributed by atoms with Crippen LogP contribution in [0, 0.1) is 5.82 Å². The molecule has 6 nitrogen and oxygen atoms in total. The second-order valence-corrected chi connectivity index (χ2v) is 7.45. The van der Waals surface area contributed by atoms with Gasteiger partial charge in [-0.15, -0.1) is 0 Å². The zero-order valence-corrected chi connectivity index (χ0v) is 15.9. The van der Waals surface area contributed by atoms with Gasteiger partial charge in [0.25, 0.3) is 0 Å². The molecule has 2 aliphatic rings. The Kier molecular flexibility index (Phi) is 5.17. The lowest BCUT2D eigenvalue weighted by Crippen LogP contribution is -2.46. The standard InChI is InChI=1S/C21H24FN3O3/c1-27-19-17(6-4-10-23-19)13-24-11-8-21(9-12-24)15-25(20(26)28-21)14-16-5-2-3-7-18(16)22/h2-7,10H,8-9,11-15H2,1H3. The van der Waals surface area contributed by atoms with Crippen LogP contribution in [-0.4, -0.2) is 53.2 Å². The largest absolute Gasteiger partial charge is 0.481 e. The Bertz CT molecular complexity index is 852. The summed E-state index contributed by atoms with van der Waals surface area (Å²) in [6.07, 6.45) is 2.88. The number of benzene rings is 1. The second kappa shape index (κ2) is 7.75. The highest BCUT2D eigenvalue weighted by atomic mass is 19.1. The fraction of sp³-hybridized carbons (Fsp3) is 0.429. The maximum atomic E-state index is 13.9. The minimum atomic E-state index is -0.474. The molecule has 2 saturated heterocycles. The molecule has 1 aromatic carbocycles. The third kappa shape index (κ3) is 3.80. The Morgan fingerprint density at radius 1 is 1.14 bits per heavy atom. The number of aromatic nitrogens is 1. The number of likely N-dealkylation sites (tertiary alicyclic amines) is 1. The number of pyridine rings is 1. The fourth-order valence-electron chi connectivity index (χ4n) is 4.00. The third-order valence-electron chi connectivity index (χ3n) is 5.56. The molecule has 0 radical (unpaired) electrons. The van der Waals surface area contributed by atoms with Gasteiger partial charge in [-0.2, -0.15) is 0 Å². The van der Waals surface area contributed by atoms with Crippen molar-refractivity contribution in [2.75, 3.05) is 26.7 Å². The van der Waals surface area contributed by atoms with Crippen molar-refractivity contribution < 1.29 is 18.7 Å². The van der Waals surface area contributed by atoms with Gasteiger partial charge < -0.3 is 9.47 Å². The molecule has 2 fully saturated rings. The first-order valence-electron chi connectivity index (χ1n) is 9.50. The summed E-state index contributed by atoms with van der Waals surface area (Å²) in [6.45, 7) is 3.13. The number of rotatable bonds is 5. The first-order valence-corrected chi connectivity index (χ1v) is 9.50. The van der Waals surface area contributed by atoms with Crippen molar-refractivity contribution in [3.05, 3.63) is 59.5 Å². The van der Waals surface area contributed by atoms with E-state index in [2.05, 4.69) is 9.88 Å². The van der Waals surface area contributed by atoms with Gasteiger partial charge in [-0.1, -0.05) is 24.3 Å². The normalized spacial score (nSPS) is 19.1. The maximum Gasteiger partial charge on any atom is 0.410 e. The first-order chi connectivity index (χ1) is 13.6. The van der Waals surface area contributed by atoms with Gasteiger partial charge in [0.05, 0.1) is 20.2 Å². The summed E-state index contributed by atoms with van der Waals surface area (Å²) in [7, 11) is 1.62. The van der Waals surface area contributed by atoms with E-state index in [1.807, 2.05) is 12.1 Å². The highest BCUT2D eigenvalue weighted by Crippen LogP contribution is 2.35. The predicted molar refractivity (Wildman–Crippen MR) is 101 cm³/mol. The molecule has 0 unspecified atom stereocenters. The molecule has 3 heterocycles. The van der Waals surface area contributed by atoms with Crippen molar-refractivity contribution in [2.45, 2.75) is 31.5 Å².